The van der Waals surface area contributed by atoms with Gasteiger partial charge in [0.2, 0.25) is 36.5 Å². The molecule has 7 unspecified atom stereocenters. The minimum Gasteiger partial charge on any atom is -0.508 e. The fourth-order valence-electron chi connectivity index (χ4n) is 7.25. The highest BCUT2D eigenvalue weighted by Gasteiger charge is 2.42. The number of aromatic hydroxyl groups is 1. The Morgan fingerprint density at radius 1 is 0.600 bits per heavy atom. The fourth-order valence-corrected chi connectivity index (χ4v) is 7.25. The van der Waals surface area contributed by atoms with Crippen LogP contribution in [0.15, 0.2) is 98.8 Å². The van der Waals surface area contributed by atoms with E-state index in [1.807, 2.05) is 16.0 Å². The highest BCUT2D eigenvalue weighted by Crippen LogP contribution is 2.44. The SMILES string of the molecule is N#Cc1cc([N+](=O)[O-])c(C(Cc2c(O)ccc3ccccc23)C(CO)C(=O)NC(C(=O)NC(N=C(N)N)C(=O)NC(N=C(N)N)C(=O)NC(N=C(N)N)C(=O)NC(N=C(N)N)C(N)=O)c2ccccc2)c([N+](=O)[O-])c1. The number of aliphatic hydroxyl groups is 1. The zero-order chi connectivity index (χ0) is 55.8. The van der Waals surface area contributed by atoms with Gasteiger partial charge in [-0.25, -0.2) is 20.0 Å². The average Bonchev–Trinajstić information content (AvgIpc) is 3.34. The second-order valence-electron chi connectivity index (χ2n) is 15.6. The molecule has 0 spiro atoms. The second kappa shape index (κ2) is 25.3. The van der Waals surface area contributed by atoms with Gasteiger partial charge in [0.25, 0.3) is 35.0 Å². The molecular formula is C42H49N21O12. The Hall–Kier alpha value is -10.9. The molecule has 0 fully saturated rings. The van der Waals surface area contributed by atoms with Crippen molar-refractivity contribution in [1.82, 2.24) is 26.6 Å². The number of rotatable bonds is 23. The van der Waals surface area contributed by atoms with Gasteiger partial charge in [-0.3, -0.25) is 49.0 Å². The summed E-state index contributed by atoms with van der Waals surface area (Å²) in [5.74, 6) is -15.6. The Labute approximate surface area is 421 Å². The van der Waals surface area contributed by atoms with Crippen LogP contribution in [0.4, 0.5) is 11.4 Å². The van der Waals surface area contributed by atoms with Crippen LogP contribution in [0.2, 0.25) is 0 Å². The van der Waals surface area contributed by atoms with Crippen molar-refractivity contribution in [1.29, 1.82) is 5.26 Å². The van der Waals surface area contributed by atoms with E-state index in [0.717, 1.165) is 12.1 Å². The number of fused-ring (bicyclic) bond motifs is 1. The number of carbonyl (C=O) groups is 6. The number of guanidine groups is 4. The number of aliphatic imine (C=N–C) groups is 4. The number of hydrogen-bond donors (Lipinski definition) is 16. The van der Waals surface area contributed by atoms with E-state index >= 15 is 0 Å². The predicted molar refractivity (Wildman–Crippen MR) is 265 cm³/mol. The summed E-state index contributed by atoms with van der Waals surface area (Å²) < 4.78 is 0. The Morgan fingerprint density at radius 2 is 1.04 bits per heavy atom. The number of nitro benzene ring substituents is 2. The number of phenols is 1. The van der Waals surface area contributed by atoms with Crippen LogP contribution < -0.4 is 78.2 Å². The van der Waals surface area contributed by atoms with Crippen molar-refractivity contribution in [3.05, 3.63) is 121 Å². The number of amides is 6. The molecule has 7 atom stereocenters. The molecule has 4 aromatic carbocycles. The third kappa shape index (κ3) is 15.0. The zero-order valence-corrected chi connectivity index (χ0v) is 38.8. The maximum Gasteiger partial charge on any atom is 0.281 e. The van der Waals surface area contributed by atoms with Crippen molar-refractivity contribution in [2.24, 2.45) is 77.5 Å². The summed E-state index contributed by atoms with van der Waals surface area (Å²) in [6.07, 6.45) is -9.19. The highest BCUT2D eigenvalue weighted by atomic mass is 16.6. The van der Waals surface area contributed by atoms with E-state index in [-0.39, 0.29) is 11.1 Å². The van der Waals surface area contributed by atoms with Crippen LogP contribution in [-0.2, 0) is 35.2 Å². The van der Waals surface area contributed by atoms with Crippen LogP contribution in [0.5, 0.6) is 5.75 Å². The minimum atomic E-state index is -2.26. The number of benzene rings is 4. The molecule has 0 radical (unpaired) electrons. The van der Waals surface area contributed by atoms with Crippen LogP contribution in [-0.4, -0.2) is 111 Å². The van der Waals surface area contributed by atoms with Gasteiger partial charge < -0.3 is 88.4 Å². The molecule has 0 aliphatic heterocycles. The van der Waals surface area contributed by atoms with Crippen LogP contribution in [0.25, 0.3) is 10.8 Å². The molecule has 0 heterocycles. The van der Waals surface area contributed by atoms with Crippen LogP contribution in [0.1, 0.15) is 34.2 Å². The third-order valence-corrected chi connectivity index (χ3v) is 10.4. The summed E-state index contributed by atoms with van der Waals surface area (Å²) in [5.41, 5.74) is 45.6. The number of nitro groups is 2. The van der Waals surface area contributed by atoms with Gasteiger partial charge in [0.05, 0.1) is 34.0 Å². The topological polar surface area (TPSA) is 597 Å². The molecule has 75 heavy (non-hydrogen) atoms. The first-order chi connectivity index (χ1) is 35.4. The smallest absolute Gasteiger partial charge is 0.281 e. The highest BCUT2D eigenvalue weighted by molar-refractivity contribution is 5.99. The van der Waals surface area contributed by atoms with E-state index < -0.39 is 153 Å². The van der Waals surface area contributed by atoms with Gasteiger partial charge in [-0.2, -0.15) is 5.26 Å². The lowest BCUT2D eigenvalue weighted by Gasteiger charge is -2.28. The number of phenolic OH excluding ortho intramolecular Hbond substituents is 1. The Morgan fingerprint density at radius 3 is 1.48 bits per heavy atom. The van der Waals surface area contributed by atoms with Crippen molar-refractivity contribution in [2.75, 3.05) is 6.61 Å². The van der Waals surface area contributed by atoms with E-state index in [0.29, 0.717) is 10.8 Å². The first kappa shape index (κ1) is 56.7. The number of primary amides is 1. The van der Waals surface area contributed by atoms with Crippen molar-refractivity contribution in [2.45, 2.75) is 43.0 Å². The van der Waals surface area contributed by atoms with Gasteiger partial charge in [-0.05, 0) is 28.8 Å². The Bertz CT molecular complexity index is 3000. The molecule has 0 aliphatic carbocycles. The molecule has 0 saturated heterocycles. The summed E-state index contributed by atoms with van der Waals surface area (Å²) >= 11 is 0. The van der Waals surface area contributed by atoms with E-state index in [1.54, 1.807) is 30.3 Å². The second-order valence-corrected chi connectivity index (χ2v) is 15.6. The lowest BCUT2D eigenvalue weighted by Crippen LogP contribution is -2.58. The lowest BCUT2D eigenvalue weighted by atomic mass is 9.78. The van der Waals surface area contributed by atoms with Gasteiger partial charge in [0.1, 0.15) is 17.4 Å². The van der Waals surface area contributed by atoms with Crippen LogP contribution in [0.3, 0.4) is 0 Å². The largest absolute Gasteiger partial charge is 0.508 e. The van der Waals surface area contributed by atoms with Gasteiger partial charge in [0.15, 0.2) is 23.8 Å². The molecule has 25 N–H and O–H groups in total. The fraction of sp³-hybridized carbons (Fsp3) is 0.214. The summed E-state index contributed by atoms with van der Waals surface area (Å²) in [4.78, 5) is 119. The quantitative estimate of drug-likeness (QED) is 0.0142. The molecule has 33 nitrogen and oxygen atoms in total. The number of hydrogen-bond acceptors (Lipinski definition) is 17. The maximum atomic E-state index is 14.7. The molecule has 4 aromatic rings. The van der Waals surface area contributed by atoms with Gasteiger partial charge >= 0.3 is 0 Å². The lowest BCUT2D eigenvalue weighted by molar-refractivity contribution is -0.396. The number of nitrogens with one attached hydrogen (secondary N) is 5. The van der Waals surface area contributed by atoms with E-state index in [1.165, 1.54) is 42.5 Å². The Kier molecular flexibility index (Phi) is 19.1. The van der Waals surface area contributed by atoms with Crippen molar-refractivity contribution in [3.63, 3.8) is 0 Å². The molecule has 0 saturated carbocycles. The molecule has 0 aliphatic rings. The molecular weight excluding hydrogens is 991 g/mol. The number of nitrogens with two attached hydrogens (primary N) is 9. The summed E-state index contributed by atoms with van der Waals surface area (Å²) in [7, 11) is 0. The number of carbonyl (C=O) groups excluding carboxylic acids is 6. The predicted octanol–water partition coefficient (Wildman–Crippen LogP) is -5.63. The number of nitrogens with zero attached hydrogens (tertiary/aromatic N) is 7. The van der Waals surface area contributed by atoms with Crippen molar-refractivity contribution < 1.29 is 48.8 Å². The van der Waals surface area contributed by atoms with Gasteiger partial charge in [-0.1, -0.05) is 60.7 Å². The standard InChI is InChI=1S/C42H49N21O12/c43-15-17-12-24(62(72)73)27(25(13-17)63(74)75)22(14-21-20-9-5-4-6-18(20)10-11-26(21)65)23(16-64)34(67)53-28(19-7-2-1-3-8-19)35(68)55-31(59-40(47)48)37(70)57-33(61-42(51)52)38(71)56-32(60-41(49)50)36(69)54-30(29(44)66)58-39(45)46/h1-13,22-23,28,30-33,64-65H,14,16H2,(H2,44,66)(H,53,67)(H,54,69)(H,55,68)(H,56,71)(H,57,70)(H4,45,46,58)(H4,47,48,59)(H4,49,50,60)(H4,51,52,61). The van der Waals surface area contributed by atoms with Crippen molar-refractivity contribution in [3.8, 4) is 11.8 Å². The van der Waals surface area contributed by atoms with Crippen LogP contribution >= 0.6 is 0 Å². The normalized spacial score (nSPS) is 13.4. The third-order valence-electron chi connectivity index (χ3n) is 10.4. The molecule has 394 valence electrons. The number of aliphatic hydroxyl groups excluding tert-OH is 1. The Balaban J connectivity index is 1.78. The minimum absolute atomic E-state index is 0.0306. The molecule has 6 amide bonds. The summed E-state index contributed by atoms with van der Waals surface area (Å²) in [5, 5.41) is 68.7. The first-order valence-electron chi connectivity index (χ1n) is 21.3. The average molecular weight is 1040 g/mol. The first-order valence-corrected chi connectivity index (χ1v) is 21.3. The van der Waals surface area contributed by atoms with Crippen LogP contribution in [0, 0.1) is 37.5 Å². The van der Waals surface area contributed by atoms with E-state index in [4.69, 9.17) is 51.6 Å². The molecule has 0 bridgehead atoms. The van der Waals surface area contributed by atoms with Crippen molar-refractivity contribution >= 4 is 81.4 Å². The molecule has 33 heteroatoms. The zero-order valence-electron chi connectivity index (χ0n) is 38.8. The monoisotopic (exact) mass is 1040 g/mol. The summed E-state index contributed by atoms with van der Waals surface area (Å²) in [6.45, 7) is -1.22. The van der Waals surface area contributed by atoms with Gasteiger partial charge in [0, 0.05) is 23.6 Å². The van der Waals surface area contributed by atoms with E-state index in [9.17, 15) is 64.5 Å². The maximum absolute atomic E-state index is 14.7. The van der Waals surface area contributed by atoms with E-state index in [2.05, 4.69) is 30.6 Å². The van der Waals surface area contributed by atoms with Gasteiger partial charge in [-0.15, -0.1) is 0 Å². The molecule has 4 rings (SSSR count). The summed E-state index contributed by atoms with van der Waals surface area (Å²) in [6, 6.07) is 17.4. The molecule has 0 aromatic heterocycles. The number of nitriles is 1.